The van der Waals surface area contributed by atoms with Crippen molar-refractivity contribution in [1.29, 1.82) is 0 Å². The number of carbonyl (C=O) groups is 1. The molecule has 2 aromatic rings. The van der Waals surface area contributed by atoms with Gasteiger partial charge in [-0.2, -0.15) is 22.8 Å². The largest absolute Gasteiger partial charge is 0.386 e. The van der Waals surface area contributed by atoms with Crippen LogP contribution >= 0.6 is 11.6 Å². The molecule has 0 fully saturated rings. The van der Waals surface area contributed by atoms with Gasteiger partial charge in [0.15, 0.2) is 11.3 Å². The predicted octanol–water partition coefficient (Wildman–Crippen LogP) is 1.48. The molecule has 34 heavy (non-hydrogen) atoms. The van der Waals surface area contributed by atoms with Gasteiger partial charge >= 0.3 is 12.3 Å². The van der Waals surface area contributed by atoms with Crippen LogP contribution in [-0.4, -0.2) is 53.8 Å². The van der Waals surface area contributed by atoms with Crippen LogP contribution in [0.25, 0.3) is 0 Å². The lowest BCUT2D eigenvalue weighted by Gasteiger charge is -2.27. The Balaban J connectivity index is 0.000000838. The van der Waals surface area contributed by atoms with Crippen LogP contribution in [0.1, 0.15) is 41.2 Å². The van der Waals surface area contributed by atoms with Crippen molar-refractivity contribution in [2.24, 2.45) is 5.73 Å². The zero-order chi connectivity index (χ0) is 30.2. The zero-order valence-corrected chi connectivity index (χ0v) is 18.3. The van der Waals surface area contributed by atoms with Gasteiger partial charge in [0, 0.05) is 22.9 Å². The second kappa shape index (κ2) is 12.9. The molecule has 3 heterocycles. The molecule has 3 N–H and O–H groups in total. The lowest BCUT2D eigenvalue weighted by molar-refractivity contribution is -0.582. The van der Waals surface area contributed by atoms with E-state index in [1.54, 1.807) is 12.1 Å². The molecule has 0 radical (unpaired) electrons. The average Bonchev–Trinajstić information content (AvgIpc) is 2.81. The molecule has 0 aromatic carbocycles. The second-order valence-electron chi connectivity index (χ2n) is 6.72. The first-order chi connectivity index (χ1) is 17.9. The Hall–Kier alpha value is -3.21. The highest BCUT2D eigenvalue weighted by Gasteiger charge is 2.40. The van der Waals surface area contributed by atoms with E-state index in [2.05, 4.69) is 15.0 Å². The van der Waals surface area contributed by atoms with E-state index in [1.807, 2.05) is 0 Å². The Bertz CT molecular complexity index is 1250. The molecule has 0 amide bonds. The molecule has 1 atom stereocenters. The van der Waals surface area contributed by atoms with Gasteiger partial charge in [-0.15, -0.1) is 0 Å². The minimum absolute atomic E-state index is 0.0268. The van der Waals surface area contributed by atoms with Crippen LogP contribution in [0.15, 0.2) is 30.4 Å². The summed E-state index contributed by atoms with van der Waals surface area (Å²) >= 11 is 5.80. The predicted molar refractivity (Wildman–Crippen MR) is 112 cm³/mol. The van der Waals surface area contributed by atoms with Crippen LogP contribution in [-0.2, 0) is 26.3 Å². The van der Waals surface area contributed by atoms with Crippen molar-refractivity contribution >= 4 is 29.4 Å². The number of pyridine rings is 2. The van der Waals surface area contributed by atoms with E-state index in [1.165, 1.54) is 6.07 Å². The number of aromatic nitrogens is 2. The first-order valence-corrected chi connectivity index (χ1v) is 9.54. The second-order valence-corrected chi connectivity index (χ2v) is 7.10. The van der Waals surface area contributed by atoms with Crippen molar-refractivity contribution in [2.75, 3.05) is 19.9 Å². The molecule has 1 aliphatic heterocycles. The lowest BCUT2D eigenvalue weighted by Crippen LogP contribution is -2.92. The van der Waals surface area contributed by atoms with Gasteiger partial charge in [-0.3, -0.25) is 25.5 Å². The van der Waals surface area contributed by atoms with Gasteiger partial charge in [0.1, 0.15) is 19.0 Å². The van der Waals surface area contributed by atoms with Crippen LogP contribution in [0.3, 0.4) is 0 Å². The Morgan fingerprint density at radius 3 is 2.65 bits per heavy atom. The maximum Gasteiger partial charge on any atom is 0.386 e. The number of Topliss-reactive ketones (excluding diaryl/α,β-unsaturated/α-hetero) is 1. The number of nitrogens with zero attached hydrogens (tertiary/aromatic N) is 2. The number of carbonyl (C=O) groups excluding carboxylic acids is 3. The van der Waals surface area contributed by atoms with Crippen molar-refractivity contribution in [2.45, 2.75) is 31.9 Å². The van der Waals surface area contributed by atoms with Crippen molar-refractivity contribution in [1.82, 2.24) is 9.97 Å². The SMILES string of the molecule is CC(F)(F)F.O=C=O.[2H]c1nc(C(=O)Cc2cccc(C3(CF)COCC(N)=[NH+]3)n2)c(C([2H])([2H])[2H])c([2H])c1Cl. The molecule has 3 rings (SSSR count). The molecule has 8 nitrogen and oxygen atoms in total. The number of rotatable bonds is 5. The summed E-state index contributed by atoms with van der Waals surface area (Å²) in [5, 5.41) is -0.454. The van der Waals surface area contributed by atoms with Gasteiger partial charge in [-0.05, 0) is 30.6 Å². The Morgan fingerprint density at radius 2 is 2.09 bits per heavy atom. The van der Waals surface area contributed by atoms with Crippen LogP contribution in [0.5, 0.6) is 0 Å². The van der Waals surface area contributed by atoms with E-state index in [0.717, 1.165) is 0 Å². The molecular formula is C21H22ClF4N4O4+. The van der Waals surface area contributed by atoms with Gasteiger partial charge < -0.3 is 4.74 Å². The monoisotopic (exact) mass is 510 g/mol. The molecule has 0 spiro atoms. The molecule has 0 aliphatic carbocycles. The number of hydrogen-bond donors (Lipinski definition) is 2. The van der Waals surface area contributed by atoms with Gasteiger partial charge in [0.05, 0.1) is 26.5 Å². The first-order valence-electron chi connectivity index (χ1n) is 11.7. The molecule has 184 valence electrons. The maximum atomic E-state index is 13.9. The summed E-state index contributed by atoms with van der Waals surface area (Å²) in [5.41, 5.74) is 3.73. The fourth-order valence-corrected chi connectivity index (χ4v) is 2.78. The topological polar surface area (TPSA) is 126 Å². The molecule has 1 aliphatic rings. The smallest absolute Gasteiger partial charge is 0.364 e. The normalized spacial score (nSPS) is 19.7. The van der Waals surface area contributed by atoms with Crippen molar-refractivity contribution in [3.63, 3.8) is 0 Å². The Labute approximate surface area is 204 Å². The molecule has 0 bridgehead atoms. The van der Waals surface area contributed by atoms with Crippen LogP contribution < -0.4 is 10.7 Å². The molecule has 0 saturated heterocycles. The number of ether oxygens (including phenoxy) is 1. The van der Waals surface area contributed by atoms with E-state index in [0.29, 0.717) is 0 Å². The highest BCUT2D eigenvalue weighted by atomic mass is 35.5. The van der Waals surface area contributed by atoms with Crippen LogP contribution in [0.2, 0.25) is 5.02 Å². The highest BCUT2D eigenvalue weighted by molar-refractivity contribution is 6.30. The minimum Gasteiger partial charge on any atom is -0.364 e. The number of nitrogens with one attached hydrogen (secondary N) is 1. The summed E-state index contributed by atoms with van der Waals surface area (Å²) in [5.74, 6) is -0.520. The summed E-state index contributed by atoms with van der Waals surface area (Å²) < 4.78 is 88.9. The number of halogens is 5. The summed E-state index contributed by atoms with van der Waals surface area (Å²) in [7, 11) is 0. The highest BCUT2D eigenvalue weighted by Crippen LogP contribution is 2.19. The van der Waals surface area contributed by atoms with E-state index < -0.39 is 59.5 Å². The summed E-state index contributed by atoms with van der Waals surface area (Å²) in [6, 6.07) is 4.00. The molecule has 2 aromatic heterocycles. The summed E-state index contributed by atoms with van der Waals surface area (Å²) in [6.45, 7) is -3.42. The molecule has 1 unspecified atom stereocenters. The molecule has 0 saturated carbocycles. The zero-order valence-electron chi connectivity index (χ0n) is 22.6. The van der Waals surface area contributed by atoms with Gasteiger partial charge in [-0.25, -0.2) is 4.39 Å². The first kappa shape index (κ1) is 21.3. The van der Waals surface area contributed by atoms with Crippen molar-refractivity contribution in [3.05, 3.63) is 58.1 Å². The van der Waals surface area contributed by atoms with Gasteiger partial charge in [0.25, 0.3) is 5.84 Å². The summed E-state index contributed by atoms with van der Waals surface area (Å²) in [6.07, 6.45) is -4.71. The molecular weight excluding hydrogens is 484 g/mol. The fourth-order valence-electron chi connectivity index (χ4n) is 2.65. The standard InChI is InChI=1S/C18H18ClFN4O2.C2H3F3.CO2/c1-11-5-12(19)7-22-17(11)14(25)6-13-3-2-4-15(23-13)18(9-20)10-26-8-16(21)24-18;1-2(3,4)5;2-1-3/h2-5,7H,6,8-10H2,1H3,(H2,21,24);1H3;/p+1/i1D3,5D,7D;;. The number of hydrogen-bond acceptors (Lipinski definition) is 7. The maximum absolute atomic E-state index is 13.9. The average molecular weight is 511 g/mol. The number of alkyl halides is 4. The van der Waals surface area contributed by atoms with E-state index >= 15 is 0 Å². The van der Waals surface area contributed by atoms with Crippen LogP contribution in [0, 0.1) is 6.85 Å². The lowest BCUT2D eigenvalue weighted by atomic mass is 9.96. The third-order valence-corrected chi connectivity index (χ3v) is 4.05. The quantitative estimate of drug-likeness (QED) is 0.461. The van der Waals surface area contributed by atoms with Crippen molar-refractivity contribution in [3.8, 4) is 0 Å². The Morgan fingerprint density at radius 1 is 1.44 bits per heavy atom. The molecule has 13 heteroatoms. The summed E-state index contributed by atoms with van der Waals surface area (Å²) in [4.78, 5) is 40.0. The number of nitrogens with two attached hydrogens (primary N) is 1. The third-order valence-electron chi connectivity index (χ3n) is 3.87. The van der Waals surface area contributed by atoms with E-state index in [4.69, 9.17) is 38.5 Å². The van der Waals surface area contributed by atoms with E-state index in [-0.39, 0.29) is 49.9 Å². The number of amidine groups is 1. The van der Waals surface area contributed by atoms with Crippen molar-refractivity contribution < 1.29 is 48.5 Å². The fraction of sp³-hybridized carbons (Fsp3) is 0.381. The third kappa shape index (κ3) is 9.34. The number of ketones is 1. The van der Waals surface area contributed by atoms with Crippen LogP contribution in [0.4, 0.5) is 17.6 Å². The minimum atomic E-state index is -4.00. The Kier molecular flexibility index (Phi) is 8.08. The van der Waals surface area contributed by atoms with Gasteiger partial charge in [0.2, 0.25) is 0 Å². The van der Waals surface area contributed by atoms with Gasteiger partial charge in [-0.1, -0.05) is 17.7 Å². The van der Waals surface area contributed by atoms with E-state index in [9.17, 15) is 22.4 Å².